The van der Waals surface area contributed by atoms with E-state index in [0.29, 0.717) is 11.8 Å². The molecule has 0 N–H and O–H groups in total. The summed E-state index contributed by atoms with van der Waals surface area (Å²) in [6.07, 6.45) is 7.01. The van der Waals surface area contributed by atoms with Crippen molar-refractivity contribution in [3.63, 3.8) is 0 Å². The lowest BCUT2D eigenvalue weighted by Crippen LogP contribution is -2.49. The minimum Gasteiger partial charge on any atom is -0.351 e. The third-order valence-electron chi connectivity index (χ3n) is 6.66. The van der Waals surface area contributed by atoms with E-state index in [0.717, 1.165) is 44.0 Å². The molecule has 3 aliphatic heterocycles. The van der Waals surface area contributed by atoms with Crippen LogP contribution in [-0.2, 0) is 0 Å². The van der Waals surface area contributed by atoms with Crippen LogP contribution in [0.25, 0.3) is 5.70 Å². The molecule has 29 heavy (non-hydrogen) atoms. The van der Waals surface area contributed by atoms with Gasteiger partial charge in [-0.05, 0) is 49.1 Å². The number of likely N-dealkylation sites (N-methyl/N-ethyl adjacent to an activating group) is 1. The Morgan fingerprint density at radius 1 is 1.10 bits per heavy atom. The zero-order valence-electron chi connectivity index (χ0n) is 18.5. The summed E-state index contributed by atoms with van der Waals surface area (Å²) in [5, 5.41) is 3.26. The first-order valence-electron chi connectivity index (χ1n) is 10.9. The van der Waals surface area contributed by atoms with E-state index < -0.39 is 0 Å². The van der Waals surface area contributed by atoms with Crippen molar-refractivity contribution in [1.29, 1.82) is 0 Å². The molecule has 0 saturated carbocycles. The van der Waals surface area contributed by atoms with E-state index in [1.54, 1.807) is 0 Å². The van der Waals surface area contributed by atoms with E-state index in [-0.39, 0.29) is 0 Å². The summed E-state index contributed by atoms with van der Waals surface area (Å²) in [6, 6.07) is 6.43. The standard InChI is InChI=1S/C24H34ClN4/c1-17-14-19(3)27(5)29-23(15-17)22-16-20(25)7-8-21(22)18(2)6-9-24(29)28-12-10-26(4)11-13-28/h7-9,15-18H,6,10-14H2,1-5H3/q+1. The van der Waals surface area contributed by atoms with Gasteiger partial charge >= 0.3 is 0 Å². The van der Waals surface area contributed by atoms with Gasteiger partial charge in [-0.1, -0.05) is 37.6 Å². The number of piperazine rings is 1. The number of rotatable bonds is 1. The Hall–Kier alpha value is -1.78. The summed E-state index contributed by atoms with van der Waals surface area (Å²) in [4.78, 5) is 4.98. The molecule has 0 aromatic heterocycles. The monoisotopic (exact) mass is 413 g/mol. The van der Waals surface area contributed by atoms with Crippen LogP contribution in [0.4, 0.5) is 0 Å². The normalized spacial score (nSPS) is 26.1. The van der Waals surface area contributed by atoms with Crippen LogP contribution in [0, 0.1) is 5.92 Å². The second-order valence-corrected chi connectivity index (χ2v) is 9.46. The highest BCUT2D eigenvalue weighted by Gasteiger charge is 2.36. The number of benzene rings is 1. The van der Waals surface area contributed by atoms with Gasteiger partial charge in [0, 0.05) is 50.1 Å². The fraction of sp³-hybridized carbons (Fsp3) is 0.542. The fourth-order valence-electron chi connectivity index (χ4n) is 4.78. The number of fused-ring (bicyclic) bond motifs is 3. The van der Waals surface area contributed by atoms with Crippen LogP contribution in [0.2, 0.25) is 5.02 Å². The maximum Gasteiger partial charge on any atom is 0.180 e. The fourth-order valence-corrected chi connectivity index (χ4v) is 4.96. The molecule has 0 spiro atoms. The minimum atomic E-state index is 0.460. The largest absolute Gasteiger partial charge is 0.351 e. The lowest BCUT2D eigenvalue weighted by Gasteiger charge is -2.39. The highest BCUT2D eigenvalue weighted by atomic mass is 35.5. The first-order chi connectivity index (χ1) is 13.8. The molecule has 2 unspecified atom stereocenters. The summed E-state index contributed by atoms with van der Waals surface area (Å²) in [5.74, 6) is 2.26. The van der Waals surface area contributed by atoms with E-state index in [1.165, 1.54) is 28.4 Å². The van der Waals surface area contributed by atoms with Gasteiger partial charge in [0.05, 0.1) is 0 Å². The smallest absolute Gasteiger partial charge is 0.180 e. The van der Waals surface area contributed by atoms with Gasteiger partial charge in [0.25, 0.3) is 0 Å². The first kappa shape index (κ1) is 20.5. The van der Waals surface area contributed by atoms with Crippen molar-refractivity contribution in [2.75, 3.05) is 40.3 Å². The van der Waals surface area contributed by atoms with Crippen molar-refractivity contribution >= 4 is 23.0 Å². The zero-order chi connectivity index (χ0) is 20.7. The average Bonchev–Trinajstić information content (AvgIpc) is 2.79. The predicted molar refractivity (Wildman–Crippen MR) is 122 cm³/mol. The van der Waals surface area contributed by atoms with Crippen molar-refractivity contribution in [2.24, 2.45) is 5.92 Å². The molecule has 3 aliphatic rings. The third-order valence-corrected chi connectivity index (χ3v) is 6.90. The van der Waals surface area contributed by atoms with E-state index in [2.05, 4.69) is 78.6 Å². The van der Waals surface area contributed by atoms with Gasteiger partial charge in [-0.25, -0.2) is 0 Å². The Bertz CT molecular complexity index is 877. The van der Waals surface area contributed by atoms with E-state index in [9.17, 15) is 0 Å². The highest BCUT2D eigenvalue weighted by molar-refractivity contribution is 6.30. The molecular weight excluding hydrogens is 380 g/mol. The van der Waals surface area contributed by atoms with Crippen LogP contribution in [0.3, 0.4) is 0 Å². The molecule has 1 fully saturated rings. The molecule has 0 bridgehead atoms. The summed E-state index contributed by atoms with van der Waals surface area (Å²) in [7, 11) is 4.42. The van der Waals surface area contributed by atoms with E-state index in [4.69, 9.17) is 11.6 Å². The lowest BCUT2D eigenvalue weighted by molar-refractivity contribution is -0.641. The molecule has 2 atom stereocenters. The van der Waals surface area contributed by atoms with Crippen LogP contribution in [-0.4, -0.2) is 65.5 Å². The van der Waals surface area contributed by atoms with Crippen LogP contribution in [0.1, 0.15) is 50.7 Å². The summed E-state index contributed by atoms with van der Waals surface area (Å²) in [6.45, 7) is 11.2. The molecule has 4 nitrogen and oxygen atoms in total. The van der Waals surface area contributed by atoms with Gasteiger partial charge in [-0.3, -0.25) is 0 Å². The number of hydrazone groups is 1. The average molecular weight is 414 g/mol. The summed E-state index contributed by atoms with van der Waals surface area (Å²) < 4.78 is 2.36. The summed E-state index contributed by atoms with van der Waals surface area (Å²) in [5.41, 5.74) is 5.32. The summed E-state index contributed by atoms with van der Waals surface area (Å²) >= 11 is 6.50. The molecule has 1 aromatic rings. The minimum absolute atomic E-state index is 0.460. The molecule has 1 saturated heterocycles. The van der Waals surface area contributed by atoms with Gasteiger partial charge in [-0.15, -0.1) is 9.69 Å². The molecule has 156 valence electrons. The van der Waals surface area contributed by atoms with Crippen molar-refractivity contribution in [3.8, 4) is 0 Å². The van der Waals surface area contributed by atoms with Crippen LogP contribution in [0.15, 0.2) is 36.2 Å². The number of halogens is 1. The lowest BCUT2D eigenvalue weighted by atomic mass is 9.89. The van der Waals surface area contributed by atoms with Crippen molar-refractivity contribution in [3.05, 3.63) is 52.3 Å². The maximum absolute atomic E-state index is 6.50. The topological polar surface area (TPSA) is 12.7 Å². The second kappa shape index (κ2) is 8.16. The molecule has 0 amide bonds. The molecule has 0 aliphatic carbocycles. The molecule has 4 rings (SSSR count). The molecule has 3 heterocycles. The quantitative estimate of drug-likeness (QED) is 0.622. The first-order valence-corrected chi connectivity index (χ1v) is 11.2. The van der Waals surface area contributed by atoms with Gasteiger partial charge in [0.2, 0.25) is 0 Å². The Kier molecular flexibility index (Phi) is 5.76. The second-order valence-electron chi connectivity index (χ2n) is 9.02. The third kappa shape index (κ3) is 3.97. The molecular formula is C24H34ClN4+. The van der Waals surface area contributed by atoms with Crippen LogP contribution < -0.4 is 0 Å². The number of allylic oxidation sites excluding steroid dienone is 2. The number of nitrogens with zero attached hydrogens (tertiary/aromatic N) is 4. The predicted octanol–water partition coefficient (Wildman–Crippen LogP) is 4.64. The maximum atomic E-state index is 6.50. The van der Waals surface area contributed by atoms with Crippen molar-refractivity contribution in [1.82, 2.24) is 14.8 Å². The number of hydrazine groups is 1. The number of hydrogen-bond acceptors (Lipinski definition) is 3. The van der Waals surface area contributed by atoms with Gasteiger partial charge in [0.1, 0.15) is 5.70 Å². The van der Waals surface area contributed by atoms with E-state index in [1.807, 2.05) is 6.07 Å². The van der Waals surface area contributed by atoms with Crippen molar-refractivity contribution in [2.45, 2.75) is 39.5 Å². The Labute approximate surface area is 180 Å². The van der Waals surface area contributed by atoms with Crippen LogP contribution >= 0.6 is 11.6 Å². The van der Waals surface area contributed by atoms with Crippen LogP contribution in [0.5, 0.6) is 0 Å². The number of hydrogen-bond donors (Lipinski definition) is 0. The Balaban J connectivity index is 1.90. The van der Waals surface area contributed by atoms with Gasteiger partial charge in [0.15, 0.2) is 18.6 Å². The Morgan fingerprint density at radius 3 is 2.55 bits per heavy atom. The Morgan fingerprint density at radius 2 is 1.83 bits per heavy atom. The highest BCUT2D eigenvalue weighted by Crippen LogP contribution is 2.39. The van der Waals surface area contributed by atoms with Gasteiger partial charge in [-0.2, -0.15) is 0 Å². The van der Waals surface area contributed by atoms with E-state index >= 15 is 0 Å². The molecule has 0 radical (unpaired) electrons. The molecule has 5 heteroatoms. The molecule has 1 aromatic carbocycles. The zero-order valence-corrected chi connectivity index (χ0v) is 19.2. The SMILES string of the molecule is CC1=[N+](C)N2C(=CC(C)C1)c1cc(Cl)ccc1C(C)CC=C2N1CCN(C)CC1. The van der Waals surface area contributed by atoms with Gasteiger partial charge < -0.3 is 9.80 Å². The van der Waals surface area contributed by atoms with Crippen molar-refractivity contribution < 1.29 is 4.68 Å².